The van der Waals surface area contributed by atoms with Crippen LogP contribution in [-0.2, 0) is 14.3 Å². The summed E-state index contributed by atoms with van der Waals surface area (Å²) in [6.45, 7) is 5.97. The Hall–Kier alpha value is -0.830. The van der Waals surface area contributed by atoms with Gasteiger partial charge in [-0.1, -0.05) is 13.5 Å². The van der Waals surface area contributed by atoms with E-state index in [1.165, 1.54) is 0 Å². The summed E-state index contributed by atoms with van der Waals surface area (Å²) in [5, 5.41) is 0. The lowest BCUT2D eigenvalue weighted by atomic mass is 10.1. The molecule has 3 nitrogen and oxygen atoms in total. The number of rotatable bonds is 2. The Balaban J connectivity index is 2.36. The van der Waals surface area contributed by atoms with Gasteiger partial charge in [0.25, 0.3) is 0 Å². The van der Waals surface area contributed by atoms with Gasteiger partial charge in [0.15, 0.2) is 0 Å². The van der Waals surface area contributed by atoms with Crippen molar-refractivity contribution in [3.63, 3.8) is 0 Å². The Bertz CT molecular complexity index is 165. The second-order valence-electron chi connectivity index (χ2n) is 2.65. The fourth-order valence-electron chi connectivity index (χ4n) is 0.983. The topological polar surface area (TPSA) is 35.5 Å². The first-order valence-electron chi connectivity index (χ1n) is 3.68. The van der Waals surface area contributed by atoms with Crippen LogP contribution in [0.25, 0.3) is 0 Å². The van der Waals surface area contributed by atoms with Gasteiger partial charge in [0.2, 0.25) is 6.29 Å². The predicted molar refractivity (Wildman–Crippen MR) is 39.8 cm³/mol. The van der Waals surface area contributed by atoms with Crippen LogP contribution in [0.4, 0.5) is 0 Å². The molecule has 0 aromatic heterocycles. The van der Waals surface area contributed by atoms with Crippen molar-refractivity contribution >= 4 is 5.97 Å². The van der Waals surface area contributed by atoms with Crippen molar-refractivity contribution in [2.45, 2.75) is 19.6 Å². The monoisotopic (exact) mass is 156 g/mol. The lowest BCUT2D eigenvalue weighted by Gasteiger charge is -2.13. The van der Waals surface area contributed by atoms with Crippen LogP contribution in [0.5, 0.6) is 0 Å². The van der Waals surface area contributed by atoms with Crippen molar-refractivity contribution in [3.8, 4) is 0 Å². The molecule has 2 unspecified atom stereocenters. The number of carbonyl (C=O) groups excluding carboxylic acids is 1. The van der Waals surface area contributed by atoms with Gasteiger partial charge >= 0.3 is 5.97 Å². The molecule has 0 saturated carbocycles. The summed E-state index contributed by atoms with van der Waals surface area (Å²) in [6, 6.07) is 0. The Kier molecular flexibility index (Phi) is 2.65. The third-order valence-electron chi connectivity index (χ3n) is 1.72. The molecule has 1 heterocycles. The number of hydrogen-bond donors (Lipinski definition) is 0. The summed E-state index contributed by atoms with van der Waals surface area (Å²) in [5.74, 6) is -0.109. The summed E-state index contributed by atoms with van der Waals surface area (Å²) in [4.78, 5) is 10.7. The van der Waals surface area contributed by atoms with E-state index in [2.05, 4.69) is 6.58 Å². The zero-order valence-corrected chi connectivity index (χ0v) is 6.58. The lowest BCUT2D eigenvalue weighted by molar-refractivity contribution is -0.168. The molecule has 1 saturated heterocycles. The summed E-state index contributed by atoms with van der Waals surface area (Å²) in [5.41, 5.74) is 0. The van der Waals surface area contributed by atoms with Gasteiger partial charge in [-0.3, -0.25) is 0 Å². The Morgan fingerprint density at radius 1 is 1.82 bits per heavy atom. The SMILES string of the molecule is C=CC(=O)OC1OCCC1C. The molecule has 1 fully saturated rings. The van der Waals surface area contributed by atoms with Crippen molar-refractivity contribution in [2.75, 3.05) is 6.61 Å². The molecule has 62 valence electrons. The molecule has 0 amide bonds. The highest BCUT2D eigenvalue weighted by Crippen LogP contribution is 2.20. The van der Waals surface area contributed by atoms with E-state index in [1.807, 2.05) is 6.92 Å². The fourth-order valence-corrected chi connectivity index (χ4v) is 0.983. The maximum atomic E-state index is 10.7. The molecule has 1 aliphatic rings. The average molecular weight is 156 g/mol. The summed E-state index contributed by atoms with van der Waals surface area (Å²) < 4.78 is 10.0. The minimum Gasteiger partial charge on any atom is -0.432 e. The van der Waals surface area contributed by atoms with Gasteiger partial charge in [0.05, 0.1) is 6.61 Å². The molecule has 1 aliphatic heterocycles. The van der Waals surface area contributed by atoms with Crippen molar-refractivity contribution in [1.29, 1.82) is 0 Å². The van der Waals surface area contributed by atoms with Gasteiger partial charge in [-0.05, 0) is 6.42 Å². The van der Waals surface area contributed by atoms with Crippen LogP contribution in [0, 0.1) is 5.92 Å². The number of esters is 1. The summed E-state index contributed by atoms with van der Waals surface area (Å²) >= 11 is 0. The van der Waals surface area contributed by atoms with Gasteiger partial charge in [0, 0.05) is 12.0 Å². The zero-order valence-electron chi connectivity index (χ0n) is 6.58. The molecular weight excluding hydrogens is 144 g/mol. The first-order valence-corrected chi connectivity index (χ1v) is 3.68. The molecule has 0 aromatic rings. The van der Waals surface area contributed by atoms with Crippen molar-refractivity contribution in [2.24, 2.45) is 5.92 Å². The average Bonchev–Trinajstić information content (AvgIpc) is 2.37. The van der Waals surface area contributed by atoms with E-state index in [9.17, 15) is 4.79 Å². The molecule has 0 N–H and O–H groups in total. The molecular formula is C8H12O3. The van der Waals surface area contributed by atoms with Crippen molar-refractivity contribution in [1.82, 2.24) is 0 Å². The Morgan fingerprint density at radius 2 is 2.55 bits per heavy atom. The van der Waals surface area contributed by atoms with Crippen LogP contribution in [-0.4, -0.2) is 18.9 Å². The highest BCUT2D eigenvalue weighted by atomic mass is 16.7. The third-order valence-corrected chi connectivity index (χ3v) is 1.72. The van der Waals surface area contributed by atoms with Crippen LogP contribution < -0.4 is 0 Å². The minimum absolute atomic E-state index is 0.305. The van der Waals surface area contributed by atoms with Gasteiger partial charge in [-0.25, -0.2) is 4.79 Å². The summed E-state index contributed by atoms with van der Waals surface area (Å²) in [7, 11) is 0. The molecule has 0 spiro atoms. The molecule has 0 aliphatic carbocycles. The Morgan fingerprint density at radius 3 is 3.00 bits per heavy atom. The number of ether oxygens (including phenoxy) is 2. The van der Waals surface area contributed by atoms with Gasteiger partial charge in [-0.15, -0.1) is 0 Å². The first-order chi connectivity index (χ1) is 5.24. The highest BCUT2D eigenvalue weighted by Gasteiger charge is 2.26. The first kappa shape index (κ1) is 8.27. The van der Waals surface area contributed by atoms with Crippen molar-refractivity contribution < 1.29 is 14.3 Å². The third kappa shape index (κ3) is 2.05. The van der Waals surface area contributed by atoms with Gasteiger partial charge in [-0.2, -0.15) is 0 Å². The maximum absolute atomic E-state index is 10.7. The van der Waals surface area contributed by atoms with Crippen LogP contribution >= 0.6 is 0 Å². The molecule has 0 radical (unpaired) electrons. The summed E-state index contributed by atoms with van der Waals surface area (Å²) in [6.07, 6.45) is 1.74. The van der Waals surface area contributed by atoms with Gasteiger partial charge in [0.1, 0.15) is 0 Å². The molecule has 11 heavy (non-hydrogen) atoms. The van der Waals surface area contributed by atoms with Crippen LogP contribution in [0.3, 0.4) is 0 Å². The molecule has 3 heteroatoms. The molecule has 0 aromatic carbocycles. The normalized spacial score (nSPS) is 29.9. The predicted octanol–water partition coefficient (Wildman–Crippen LogP) is 1.10. The number of hydrogen-bond acceptors (Lipinski definition) is 3. The van der Waals surface area contributed by atoms with Gasteiger partial charge < -0.3 is 9.47 Å². The highest BCUT2D eigenvalue weighted by molar-refractivity contribution is 5.81. The van der Waals surface area contributed by atoms with Crippen molar-refractivity contribution in [3.05, 3.63) is 12.7 Å². The quantitative estimate of drug-likeness (QED) is 0.443. The van der Waals surface area contributed by atoms with Crippen LogP contribution in [0.1, 0.15) is 13.3 Å². The van der Waals surface area contributed by atoms with E-state index >= 15 is 0 Å². The van der Waals surface area contributed by atoms with Crippen LogP contribution in [0.15, 0.2) is 12.7 Å². The fraction of sp³-hybridized carbons (Fsp3) is 0.625. The largest absolute Gasteiger partial charge is 0.432 e. The van der Waals surface area contributed by atoms with Crippen LogP contribution in [0.2, 0.25) is 0 Å². The van der Waals surface area contributed by atoms with E-state index in [0.29, 0.717) is 12.5 Å². The zero-order chi connectivity index (χ0) is 8.27. The lowest BCUT2D eigenvalue weighted by Crippen LogP contribution is -2.20. The van der Waals surface area contributed by atoms with E-state index in [0.717, 1.165) is 12.5 Å². The smallest absolute Gasteiger partial charge is 0.332 e. The molecule has 1 rings (SSSR count). The number of carbonyl (C=O) groups is 1. The van der Waals surface area contributed by atoms with E-state index in [4.69, 9.17) is 9.47 Å². The molecule has 0 bridgehead atoms. The standard InChI is InChI=1S/C8H12O3/c1-3-7(9)11-8-6(2)4-5-10-8/h3,6,8H,1,4-5H2,2H3. The van der Waals surface area contributed by atoms with E-state index < -0.39 is 5.97 Å². The second kappa shape index (κ2) is 3.53. The van der Waals surface area contributed by atoms with E-state index in [-0.39, 0.29) is 6.29 Å². The maximum Gasteiger partial charge on any atom is 0.332 e. The molecule has 2 atom stereocenters. The second-order valence-corrected chi connectivity index (χ2v) is 2.65. The Labute approximate surface area is 66.0 Å². The minimum atomic E-state index is -0.413. The van der Waals surface area contributed by atoms with E-state index in [1.54, 1.807) is 0 Å².